The van der Waals surface area contributed by atoms with Crippen LogP contribution in [0.15, 0.2) is 12.2 Å². The molecule has 0 aromatic heterocycles. The Labute approximate surface area is 98.3 Å². The molecule has 0 radical (unpaired) electrons. The number of carbonyl (C=O) groups is 1. The van der Waals surface area contributed by atoms with Gasteiger partial charge in [-0.25, -0.2) is 4.79 Å². The van der Waals surface area contributed by atoms with E-state index in [-0.39, 0.29) is 5.97 Å². The fraction of sp³-hybridized carbons (Fsp3) is 0.750. The monoisotopic (exact) mass is 232 g/mol. The van der Waals surface area contributed by atoms with Crippen LogP contribution < -0.4 is 0 Å². The molecule has 4 heteroatoms. The van der Waals surface area contributed by atoms with Crippen LogP contribution in [-0.4, -0.2) is 30.1 Å². The maximum absolute atomic E-state index is 10.3. The van der Waals surface area contributed by atoms with E-state index in [1.54, 1.807) is 13.8 Å². The predicted octanol–water partition coefficient (Wildman–Crippen LogP) is 2.27. The number of cyclic esters (lactones) is 1. The molecule has 16 heavy (non-hydrogen) atoms. The van der Waals surface area contributed by atoms with Crippen LogP contribution >= 0.6 is 0 Å². The first-order chi connectivity index (χ1) is 7.37. The van der Waals surface area contributed by atoms with E-state index in [2.05, 4.69) is 11.3 Å². The largest absolute Gasteiger partial charge is 0.462 e. The zero-order valence-corrected chi connectivity index (χ0v) is 11.0. The zero-order valence-electron chi connectivity index (χ0n) is 11.0. The first-order valence-electron chi connectivity index (χ1n) is 5.58. The molecule has 1 fully saturated rings. The Kier molecular flexibility index (Phi) is 10.3. The molecule has 1 aliphatic heterocycles. The summed E-state index contributed by atoms with van der Waals surface area (Å²) in [5.74, 6) is -1.19. The molecule has 4 nitrogen and oxygen atoms in total. The highest BCUT2D eigenvalue weighted by molar-refractivity contribution is 5.89. The molecule has 0 bridgehead atoms. The molecule has 96 valence electrons. The van der Waals surface area contributed by atoms with Crippen LogP contribution in [0.3, 0.4) is 0 Å². The predicted molar refractivity (Wildman–Crippen MR) is 64.0 cm³/mol. The van der Waals surface area contributed by atoms with Gasteiger partial charge in [-0.15, -0.1) is 0 Å². The number of carbonyl (C=O) groups excluding carboxylic acids is 1. The van der Waals surface area contributed by atoms with Crippen LogP contribution in [0.5, 0.6) is 0 Å². The summed E-state index contributed by atoms with van der Waals surface area (Å²) in [6.07, 6.45) is 0.707. The van der Waals surface area contributed by atoms with Crippen LogP contribution in [-0.2, 0) is 14.3 Å². The molecule has 0 aromatic carbocycles. The molecule has 0 unspecified atom stereocenters. The lowest BCUT2D eigenvalue weighted by molar-refractivity contribution is -0.172. The van der Waals surface area contributed by atoms with Crippen LogP contribution in [0, 0.1) is 0 Å². The standard InChI is InChI=1S/C5H6O2.C5H12O2.C2H6/c1-4-2-3-7-5(4)6;1-4-7-5(2,3)6;1-2/h1-3H2;6H,4H2,1-3H3;1-2H3. The summed E-state index contributed by atoms with van der Waals surface area (Å²) in [5, 5.41) is 8.80. The Hall–Kier alpha value is -0.870. The highest BCUT2D eigenvalue weighted by atomic mass is 16.6. The van der Waals surface area contributed by atoms with Gasteiger partial charge in [0.25, 0.3) is 0 Å². The number of ether oxygens (including phenoxy) is 2. The zero-order chi connectivity index (χ0) is 13.2. The fourth-order valence-corrected chi connectivity index (χ4v) is 0.824. The quantitative estimate of drug-likeness (QED) is 0.451. The van der Waals surface area contributed by atoms with E-state index in [0.717, 1.165) is 0 Å². The third-order valence-electron chi connectivity index (χ3n) is 1.42. The number of rotatable bonds is 2. The Morgan fingerprint density at radius 2 is 2.00 bits per heavy atom. The van der Waals surface area contributed by atoms with Gasteiger partial charge in [0.1, 0.15) is 0 Å². The molecule has 0 atom stereocenters. The van der Waals surface area contributed by atoms with Crippen LogP contribution in [0.25, 0.3) is 0 Å². The summed E-state index contributed by atoms with van der Waals surface area (Å²) in [6, 6.07) is 0. The molecule has 0 amide bonds. The maximum atomic E-state index is 10.3. The smallest absolute Gasteiger partial charge is 0.333 e. The van der Waals surface area contributed by atoms with Crippen molar-refractivity contribution in [2.45, 2.75) is 46.8 Å². The van der Waals surface area contributed by atoms with Crippen molar-refractivity contribution in [2.24, 2.45) is 0 Å². The SMILES string of the molecule is C=C1CCOC1=O.CC.CCOC(C)(C)O. The summed E-state index contributed by atoms with van der Waals surface area (Å²) >= 11 is 0. The van der Waals surface area contributed by atoms with Crippen LogP contribution in [0.2, 0.25) is 0 Å². The molecule has 1 heterocycles. The van der Waals surface area contributed by atoms with Gasteiger partial charge in [-0.05, 0) is 20.8 Å². The van der Waals surface area contributed by atoms with E-state index in [4.69, 9.17) is 9.84 Å². The summed E-state index contributed by atoms with van der Waals surface area (Å²) in [5.41, 5.74) is 0.597. The van der Waals surface area contributed by atoms with Gasteiger partial charge >= 0.3 is 5.97 Å². The fourth-order valence-electron chi connectivity index (χ4n) is 0.824. The molecular weight excluding hydrogens is 208 g/mol. The van der Waals surface area contributed by atoms with E-state index in [0.29, 0.717) is 25.2 Å². The van der Waals surface area contributed by atoms with E-state index in [9.17, 15) is 4.79 Å². The second kappa shape index (κ2) is 9.36. The summed E-state index contributed by atoms with van der Waals surface area (Å²) in [7, 11) is 0. The minimum Gasteiger partial charge on any atom is -0.462 e. The van der Waals surface area contributed by atoms with Crippen molar-refractivity contribution >= 4 is 5.97 Å². The number of hydrogen-bond donors (Lipinski definition) is 1. The molecule has 1 saturated heterocycles. The Morgan fingerprint density at radius 1 is 1.50 bits per heavy atom. The van der Waals surface area contributed by atoms with Gasteiger partial charge in [0.05, 0.1) is 6.61 Å². The number of aliphatic hydroxyl groups is 1. The van der Waals surface area contributed by atoms with Gasteiger partial charge in [-0.1, -0.05) is 20.4 Å². The van der Waals surface area contributed by atoms with Crippen molar-refractivity contribution in [3.63, 3.8) is 0 Å². The third kappa shape index (κ3) is 11.2. The second-order valence-electron chi connectivity index (χ2n) is 3.37. The van der Waals surface area contributed by atoms with Crippen molar-refractivity contribution in [1.29, 1.82) is 0 Å². The van der Waals surface area contributed by atoms with Crippen molar-refractivity contribution in [2.75, 3.05) is 13.2 Å². The average Bonchev–Trinajstić information content (AvgIpc) is 2.53. The first kappa shape index (κ1) is 17.5. The van der Waals surface area contributed by atoms with Gasteiger partial charge in [0.2, 0.25) is 0 Å². The summed E-state index contributed by atoms with van der Waals surface area (Å²) in [6.45, 7) is 13.6. The molecule has 0 saturated carbocycles. The lowest BCUT2D eigenvalue weighted by atomic mass is 10.3. The van der Waals surface area contributed by atoms with E-state index >= 15 is 0 Å². The molecule has 1 aliphatic rings. The van der Waals surface area contributed by atoms with Crippen LogP contribution in [0.1, 0.15) is 41.0 Å². The highest BCUT2D eigenvalue weighted by Crippen LogP contribution is 2.08. The first-order valence-corrected chi connectivity index (χ1v) is 5.58. The Balaban J connectivity index is 0. The average molecular weight is 232 g/mol. The molecule has 0 aliphatic carbocycles. The van der Waals surface area contributed by atoms with E-state index < -0.39 is 5.79 Å². The normalized spacial score (nSPS) is 14.4. The molecular formula is C12H24O4. The number of hydrogen-bond acceptors (Lipinski definition) is 4. The molecule has 1 rings (SSSR count). The lowest BCUT2D eigenvalue weighted by Gasteiger charge is -2.15. The Bertz CT molecular complexity index is 190. The van der Waals surface area contributed by atoms with E-state index in [1.807, 2.05) is 20.8 Å². The van der Waals surface area contributed by atoms with Gasteiger partial charge in [0, 0.05) is 18.6 Å². The van der Waals surface area contributed by atoms with Crippen molar-refractivity contribution in [3.8, 4) is 0 Å². The molecule has 0 aromatic rings. The lowest BCUT2D eigenvalue weighted by Crippen LogP contribution is -2.22. The van der Waals surface area contributed by atoms with Crippen molar-refractivity contribution in [3.05, 3.63) is 12.2 Å². The summed E-state index contributed by atoms with van der Waals surface area (Å²) < 4.78 is 9.31. The second-order valence-corrected chi connectivity index (χ2v) is 3.37. The van der Waals surface area contributed by atoms with Crippen molar-refractivity contribution in [1.82, 2.24) is 0 Å². The van der Waals surface area contributed by atoms with Gasteiger partial charge in [-0.3, -0.25) is 0 Å². The minimum atomic E-state index is -0.950. The topological polar surface area (TPSA) is 55.8 Å². The minimum absolute atomic E-state index is 0.236. The molecule has 1 N–H and O–H groups in total. The summed E-state index contributed by atoms with van der Waals surface area (Å²) in [4.78, 5) is 10.3. The Morgan fingerprint density at radius 3 is 2.06 bits per heavy atom. The van der Waals surface area contributed by atoms with Crippen LogP contribution in [0.4, 0.5) is 0 Å². The number of esters is 1. The van der Waals surface area contributed by atoms with E-state index in [1.165, 1.54) is 0 Å². The van der Waals surface area contributed by atoms with Gasteiger partial charge in [0.15, 0.2) is 5.79 Å². The van der Waals surface area contributed by atoms with Gasteiger partial charge in [-0.2, -0.15) is 0 Å². The third-order valence-corrected chi connectivity index (χ3v) is 1.42. The molecule has 0 spiro atoms. The van der Waals surface area contributed by atoms with Gasteiger partial charge < -0.3 is 14.6 Å². The maximum Gasteiger partial charge on any atom is 0.333 e. The highest BCUT2D eigenvalue weighted by Gasteiger charge is 2.14. The van der Waals surface area contributed by atoms with Crippen molar-refractivity contribution < 1.29 is 19.4 Å².